The lowest BCUT2D eigenvalue weighted by Gasteiger charge is -2.09. The molecule has 1 heterocycles. The minimum absolute atomic E-state index is 0.0810. The summed E-state index contributed by atoms with van der Waals surface area (Å²) in [5.41, 5.74) is 6.13. The van der Waals surface area contributed by atoms with Crippen LogP contribution < -0.4 is 15.2 Å². The first kappa shape index (κ1) is 20.5. The topological polar surface area (TPSA) is 96.0 Å². The Kier molecular flexibility index (Phi) is 6.61. The molecule has 0 aliphatic heterocycles. The summed E-state index contributed by atoms with van der Waals surface area (Å²) in [6.07, 6.45) is -4.80. The number of nitrogens with two attached hydrogens (primary N) is 1. The van der Waals surface area contributed by atoms with Gasteiger partial charge in [-0.05, 0) is 52.3 Å². The van der Waals surface area contributed by atoms with Gasteiger partial charge in [-0.15, -0.1) is 13.2 Å². The summed E-state index contributed by atoms with van der Waals surface area (Å²) >= 11 is 3.24. The smallest absolute Gasteiger partial charge is 0.480 e. The second kappa shape index (κ2) is 8.71. The average Bonchev–Trinajstić information content (AvgIpc) is 2.61. The Labute approximate surface area is 160 Å². The van der Waals surface area contributed by atoms with Gasteiger partial charge < -0.3 is 20.0 Å². The van der Waals surface area contributed by atoms with Crippen molar-refractivity contribution in [2.75, 3.05) is 13.7 Å². The Morgan fingerprint density at radius 3 is 2.48 bits per heavy atom. The molecular weight excluding hydrogens is 435 g/mol. The Balaban J connectivity index is 1.96. The molecule has 0 amide bonds. The van der Waals surface area contributed by atoms with E-state index in [0.717, 1.165) is 12.1 Å². The minimum Gasteiger partial charge on any atom is -0.480 e. The quantitative estimate of drug-likeness (QED) is 0.302. The zero-order valence-corrected chi connectivity index (χ0v) is 15.4. The number of ketones is 1. The fourth-order valence-electron chi connectivity index (χ4n) is 1.84. The van der Waals surface area contributed by atoms with E-state index in [2.05, 4.69) is 30.8 Å². The van der Waals surface area contributed by atoms with Gasteiger partial charge in [0, 0.05) is 5.56 Å². The lowest BCUT2D eigenvalue weighted by Crippen LogP contribution is -2.18. The van der Waals surface area contributed by atoms with Gasteiger partial charge in [0.05, 0.1) is 11.6 Å². The van der Waals surface area contributed by atoms with Crippen LogP contribution in [0.1, 0.15) is 16.1 Å². The number of ether oxygens (including phenoxy) is 2. The van der Waals surface area contributed by atoms with Crippen LogP contribution in [0.4, 0.5) is 13.2 Å². The molecule has 144 valence electrons. The van der Waals surface area contributed by atoms with Gasteiger partial charge >= 0.3 is 6.36 Å². The Hall–Kier alpha value is -2.82. The van der Waals surface area contributed by atoms with Crippen molar-refractivity contribution in [1.82, 2.24) is 4.98 Å². The van der Waals surface area contributed by atoms with E-state index in [4.69, 9.17) is 15.3 Å². The first-order valence-electron chi connectivity index (χ1n) is 7.25. The maximum atomic E-state index is 12.1. The Morgan fingerprint density at radius 2 is 1.89 bits per heavy atom. The van der Waals surface area contributed by atoms with Crippen LogP contribution >= 0.6 is 15.9 Å². The summed E-state index contributed by atoms with van der Waals surface area (Å²) in [4.78, 5) is 20.9. The van der Waals surface area contributed by atoms with Crippen molar-refractivity contribution in [1.29, 1.82) is 0 Å². The third-order valence-electron chi connectivity index (χ3n) is 3.04. The van der Waals surface area contributed by atoms with Crippen LogP contribution in [0.2, 0.25) is 0 Å². The lowest BCUT2D eigenvalue weighted by atomic mass is 10.1. The molecular formula is C16H13BrF3N3O4. The van der Waals surface area contributed by atoms with E-state index in [1.54, 1.807) is 12.1 Å². The lowest BCUT2D eigenvalue weighted by molar-refractivity contribution is -0.274. The second-order valence-electron chi connectivity index (χ2n) is 4.93. The highest BCUT2D eigenvalue weighted by atomic mass is 79.9. The number of halogens is 4. The fourth-order valence-corrected chi connectivity index (χ4v) is 2.22. The number of Topliss-reactive ketones (excluding diaryl/α,β-unsaturated/α-hetero) is 1. The van der Waals surface area contributed by atoms with E-state index in [9.17, 15) is 18.0 Å². The number of benzene rings is 1. The van der Waals surface area contributed by atoms with Crippen LogP contribution in [0, 0.1) is 0 Å². The highest BCUT2D eigenvalue weighted by molar-refractivity contribution is 9.10. The molecule has 0 saturated carbocycles. The molecule has 2 N–H and O–H groups in total. The van der Waals surface area contributed by atoms with E-state index >= 15 is 0 Å². The number of alkyl halides is 3. The van der Waals surface area contributed by atoms with Crippen LogP contribution in [0.15, 0.2) is 46.0 Å². The van der Waals surface area contributed by atoms with Gasteiger partial charge in [0.2, 0.25) is 11.7 Å². The van der Waals surface area contributed by atoms with Crippen molar-refractivity contribution < 1.29 is 32.3 Å². The van der Waals surface area contributed by atoms with Gasteiger partial charge in [-0.2, -0.15) is 0 Å². The number of carbonyl (C=O) groups is 1. The number of hydrogen-bond donors (Lipinski definition) is 1. The van der Waals surface area contributed by atoms with Crippen LogP contribution in [-0.4, -0.2) is 36.7 Å². The molecule has 0 fully saturated rings. The monoisotopic (exact) mass is 447 g/mol. The SMILES string of the molecule is COc1nc(/C(N)=N/OCC(=O)c2ccc(OC(F)(F)F)cc2)ccc1Br. The minimum atomic E-state index is -4.80. The molecule has 0 aliphatic carbocycles. The third kappa shape index (κ3) is 6.13. The standard InChI is InChI=1S/C16H13BrF3N3O4/c1-25-15-11(17)6-7-12(22-15)14(21)23-26-8-13(24)9-2-4-10(5-3-9)27-16(18,19)20/h2-7H,8H2,1H3,(H2,21,23). The van der Waals surface area contributed by atoms with E-state index in [-0.39, 0.29) is 17.1 Å². The number of aromatic nitrogens is 1. The van der Waals surface area contributed by atoms with E-state index < -0.39 is 24.5 Å². The van der Waals surface area contributed by atoms with E-state index in [1.807, 2.05) is 0 Å². The molecule has 0 bridgehead atoms. The summed E-state index contributed by atoms with van der Waals surface area (Å²) < 4.78 is 45.7. The first-order valence-corrected chi connectivity index (χ1v) is 8.04. The Morgan fingerprint density at radius 1 is 1.22 bits per heavy atom. The van der Waals surface area contributed by atoms with Gasteiger partial charge in [-0.3, -0.25) is 4.79 Å². The molecule has 2 aromatic rings. The van der Waals surface area contributed by atoms with Gasteiger partial charge in [-0.1, -0.05) is 5.16 Å². The van der Waals surface area contributed by atoms with Crippen molar-refractivity contribution in [3.8, 4) is 11.6 Å². The highest BCUT2D eigenvalue weighted by Crippen LogP contribution is 2.23. The summed E-state index contributed by atoms with van der Waals surface area (Å²) in [6.45, 7) is -0.464. The molecule has 0 radical (unpaired) electrons. The molecule has 0 aliphatic rings. The second-order valence-corrected chi connectivity index (χ2v) is 5.79. The molecule has 7 nitrogen and oxygen atoms in total. The number of nitrogens with zero attached hydrogens (tertiary/aromatic N) is 2. The first-order chi connectivity index (χ1) is 12.7. The van der Waals surface area contributed by atoms with Crippen LogP contribution in [0.25, 0.3) is 0 Å². The molecule has 27 heavy (non-hydrogen) atoms. The number of methoxy groups -OCH3 is 1. The summed E-state index contributed by atoms with van der Waals surface area (Å²) in [5.74, 6) is -0.727. The van der Waals surface area contributed by atoms with Gasteiger partial charge in [0.25, 0.3) is 0 Å². The summed E-state index contributed by atoms with van der Waals surface area (Å²) in [5, 5.41) is 3.60. The molecule has 0 atom stereocenters. The molecule has 0 unspecified atom stereocenters. The molecule has 2 rings (SSSR count). The largest absolute Gasteiger partial charge is 0.573 e. The zero-order chi connectivity index (χ0) is 20.0. The number of hydrogen-bond acceptors (Lipinski definition) is 6. The predicted molar refractivity (Wildman–Crippen MR) is 92.6 cm³/mol. The van der Waals surface area contributed by atoms with Gasteiger partial charge in [0.15, 0.2) is 12.4 Å². The summed E-state index contributed by atoms with van der Waals surface area (Å²) in [6, 6.07) is 7.63. The van der Waals surface area contributed by atoms with Crippen LogP contribution in [0.5, 0.6) is 11.6 Å². The highest BCUT2D eigenvalue weighted by Gasteiger charge is 2.31. The maximum absolute atomic E-state index is 12.1. The number of carbonyl (C=O) groups excluding carboxylic acids is 1. The Bertz CT molecular complexity index is 842. The van der Waals surface area contributed by atoms with Crippen molar-refractivity contribution in [2.45, 2.75) is 6.36 Å². The van der Waals surface area contributed by atoms with Crippen LogP contribution in [-0.2, 0) is 4.84 Å². The van der Waals surface area contributed by atoms with Gasteiger partial charge in [-0.25, -0.2) is 4.98 Å². The van der Waals surface area contributed by atoms with Crippen molar-refractivity contribution in [3.05, 3.63) is 52.1 Å². The molecule has 0 saturated heterocycles. The number of amidine groups is 1. The molecule has 11 heteroatoms. The third-order valence-corrected chi connectivity index (χ3v) is 3.64. The van der Waals surface area contributed by atoms with Gasteiger partial charge in [0.1, 0.15) is 11.4 Å². The molecule has 0 spiro atoms. The zero-order valence-electron chi connectivity index (χ0n) is 13.8. The molecule has 1 aromatic carbocycles. The number of pyridine rings is 1. The van der Waals surface area contributed by atoms with Crippen molar-refractivity contribution >= 4 is 27.5 Å². The maximum Gasteiger partial charge on any atom is 0.573 e. The van der Waals surface area contributed by atoms with Crippen LogP contribution in [0.3, 0.4) is 0 Å². The van der Waals surface area contributed by atoms with Crippen molar-refractivity contribution in [2.24, 2.45) is 10.9 Å². The fraction of sp³-hybridized carbons (Fsp3) is 0.188. The molecule has 1 aromatic heterocycles. The van der Waals surface area contributed by atoms with E-state index in [0.29, 0.717) is 10.4 Å². The number of rotatable bonds is 7. The average molecular weight is 448 g/mol. The predicted octanol–water partition coefficient (Wildman–Crippen LogP) is 3.27. The normalized spacial score (nSPS) is 11.8. The van der Waals surface area contributed by atoms with Crippen molar-refractivity contribution in [3.63, 3.8) is 0 Å². The van der Waals surface area contributed by atoms with E-state index in [1.165, 1.54) is 19.2 Å². The number of oxime groups is 1. The summed E-state index contributed by atoms with van der Waals surface area (Å²) in [7, 11) is 1.43.